The van der Waals surface area contributed by atoms with Gasteiger partial charge in [-0.15, -0.1) is 0 Å². The molecule has 24 heavy (non-hydrogen) atoms. The van der Waals surface area contributed by atoms with Crippen molar-refractivity contribution in [2.75, 3.05) is 42.9 Å². The van der Waals surface area contributed by atoms with Gasteiger partial charge < -0.3 is 10.2 Å². The summed E-state index contributed by atoms with van der Waals surface area (Å²) < 4.78 is 0. The summed E-state index contributed by atoms with van der Waals surface area (Å²) in [7, 11) is 0. The Morgan fingerprint density at radius 3 is 2.54 bits per heavy atom. The van der Waals surface area contributed by atoms with E-state index in [0.717, 1.165) is 48.1 Å². The Labute approximate surface area is 148 Å². The molecular weight excluding hydrogens is 322 g/mol. The Balaban J connectivity index is 1.50. The molecule has 1 fully saturated rings. The summed E-state index contributed by atoms with van der Waals surface area (Å²) in [6.45, 7) is 5.97. The van der Waals surface area contributed by atoms with Crippen LogP contribution in [0.1, 0.15) is 5.56 Å². The van der Waals surface area contributed by atoms with E-state index in [4.69, 9.17) is 11.6 Å². The van der Waals surface area contributed by atoms with Gasteiger partial charge in [0.25, 0.3) is 0 Å². The first-order chi connectivity index (χ1) is 11.6. The summed E-state index contributed by atoms with van der Waals surface area (Å²) in [5.74, 6) is 0.0421. The van der Waals surface area contributed by atoms with E-state index in [1.807, 2.05) is 49.4 Å². The molecule has 1 aliphatic heterocycles. The van der Waals surface area contributed by atoms with Crippen LogP contribution in [0.5, 0.6) is 0 Å². The van der Waals surface area contributed by atoms with Crippen LogP contribution >= 0.6 is 11.6 Å². The molecule has 4 nitrogen and oxygen atoms in total. The number of carbonyl (C=O) groups excluding carboxylic acids is 1. The van der Waals surface area contributed by atoms with E-state index < -0.39 is 0 Å². The Morgan fingerprint density at radius 2 is 1.83 bits per heavy atom. The molecule has 0 aliphatic carbocycles. The molecule has 2 aromatic carbocycles. The molecule has 1 N–H and O–H groups in total. The molecule has 1 heterocycles. The zero-order valence-electron chi connectivity index (χ0n) is 13.8. The van der Waals surface area contributed by atoms with Crippen LogP contribution in [0.3, 0.4) is 0 Å². The number of amides is 1. The molecule has 0 bridgehead atoms. The quantitative estimate of drug-likeness (QED) is 0.924. The van der Waals surface area contributed by atoms with Gasteiger partial charge in [-0.1, -0.05) is 35.9 Å². The number of anilines is 2. The van der Waals surface area contributed by atoms with Crippen molar-refractivity contribution in [2.24, 2.45) is 0 Å². The molecule has 2 aromatic rings. The number of hydrogen-bond acceptors (Lipinski definition) is 3. The summed E-state index contributed by atoms with van der Waals surface area (Å²) in [6, 6.07) is 15.8. The average Bonchev–Trinajstić information content (AvgIpc) is 2.58. The minimum absolute atomic E-state index is 0.0421. The fourth-order valence-corrected chi connectivity index (χ4v) is 3.13. The lowest BCUT2D eigenvalue weighted by molar-refractivity contribution is -0.117. The maximum absolute atomic E-state index is 12.2. The Hall–Kier alpha value is -2.04. The number of hydrogen-bond donors (Lipinski definition) is 1. The second-order valence-corrected chi connectivity index (χ2v) is 6.54. The normalized spacial score (nSPS) is 15.3. The van der Waals surface area contributed by atoms with Gasteiger partial charge in [0.15, 0.2) is 0 Å². The van der Waals surface area contributed by atoms with Crippen LogP contribution in [0.25, 0.3) is 0 Å². The van der Waals surface area contributed by atoms with Gasteiger partial charge in [-0.3, -0.25) is 9.69 Å². The Bertz CT molecular complexity index is 711. The molecule has 5 heteroatoms. The molecule has 126 valence electrons. The highest BCUT2D eigenvalue weighted by Gasteiger charge is 2.19. The van der Waals surface area contributed by atoms with Gasteiger partial charge in [-0.2, -0.15) is 0 Å². The maximum Gasteiger partial charge on any atom is 0.238 e. The summed E-state index contributed by atoms with van der Waals surface area (Å²) in [5.41, 5.74) is 3.11. The number of carbonyl (C=O) groups is 1. The Morgan fingerprint density at radius 1 is 1.08 bits per heavy atom. The summed E-state index contributed by atoms with van der Waals surface area (Å²) >= 11 is 6.06. The van der Waals surface area contributed by atoms with E-state index >= 15 is 0 Å². The average molecular weight is 344 g/mol. The maximum atomic E-state index is 12.2. The zero-order chi connectivity index (χ0) is 16.9. The molecule has 1 amide bonds. The number of nitrogens with one attached hydrogen (secondary N) is 1. The molecule has 0 unspecified atom stereocenters. The number of halogens is 1. The van der Waals surface area contributed by atoms with Crippen molar-refractivity contribution in [3.8, 4) is 0 Å². The molecule has 1 aliphatic rings. The van der Waals surface area contributed by atoms with Crippen LogP contribution in [0.2, 0.25) is 5.02 Å². The van der Waals surface area contributed by atoms with Gasteiger partial charge in [0.05, 0.1) is 6.54 Å². The van der Waals surface area contributed by atoms with Crippen LogP contribution in [-0.4, -0.2) is 43.5 Å². The van der Waals surface area contributed by atoms with E-state index in [1.54, 1.807) is 0 Å². The van der Waals surface area contributed by atoms with Crippen molar-refractivity contribution in [3.63, 3.8) is 0 Å². The van der Waals surface area contributed by atoms with Gasteiger partial charge in [-0.05, 0) is 36.8 Å². The molecule has 0 radical (unpaired) electrons. The van der Waals surface area contributed by atoms with Gasteiger partial charge in [0.2, 0.25) is 5.91 Å². The van der Waals surface area contributed by atoms with E-state index in [2.05, 4.69) is 21.2 Å². The van der Waals surface area contributed by atoms with E-state index in [9.17, 15) is 4.79 Å². The predicted molar refractivity (Wildman–Crippen MR) is 99.9 cm³/mol. The Kier molecular flexibility index (Phi) is 5.38. The van der Waals surface area contributed by atoms with Crippen LogP contribution in [0.15, 0.2) is 48.5 Å². The van der Waals surface area contributed by atoms with Gasteiger partial charge >= 0.3 is 0 Å². The van der Waals surface area contributed by atoms with Crippen molar-refractivity contribution in [1.29, 1.82) is 0 Å². The molecule has 0 atom stereocenters. The standard InChI is InChI=1S/C19H22ClN3O/c1-15-5-2-3-8-18(15)21-19(24)14-22-9-11-23(12-10-22)17-7-4-6-16(20)13-17/h2-8,13H,9-12,14H2,1H3,(H,21,24). The fraction of sp³-hybridized carbons (Fsp3) is 0.316. The molecule has 0 spiro atoms. The zero-order valence-corrected chi connectivity index (χ0v) is 14.6. The monoisotopic (exact) mass is 343 g/mol. The highest BCUT2D eigenvalue weighted by Crippen LogP contribution is 2.20. The van der Waals surface area contributed by atoms with E-state index in [1.165, 1.54) is 0 Å². The van der Waals surface area contributed by atoms with Gasteiger partial charge in [0, 0.05) is 42.6 Å². The third-order valence-electron chi connectivity index (χ3n) is 4.33. The number of rotatable bonds is 4. The summed E-state index contributed by atoms with van der Waals surface area (Å²) in [4.78, 5) is 16.7. The number of piperazine rings is 1. The van der Waals surface area contributed by atoms with Crippen LogP contribution in [0.4, 0.5) is 11.4 Å². The fourth-order valence-electron chi connectivity index (χ4n) is 2.94. The number of aryl methyl sites for hydroxylation is 1. The van der Waals surface area contributed by atoms with E-state index in [0.29, 0.717) is 6.54 Å². The van der Waals surface area contributed by atoms with Crippen LogP contribution < -0.4 is 10.2 Å². The number of para-hydroxylation sites is 1. The van der Waals surface area contributed by atoms with Crippen molar-refractivity contribution in [3.05, 3.63) is 59.1 Å². The summed E-state index contributed by atoms with van der Waals surface area (Å²) in [5, 5.41) is 3.75. The first-order valence-corrected chi connectivity index (χ1v) is 8.58. The minimum atomic E-state index is 0.0421. The van der Waals surface area contributed by atoms with Crippen molar-refractivity contribution < 1.29 is 4.79 Å². The van der Waals surface area contributed by atoms with Crippen molar-refractivity contribution in [2.45, 2.75) is 6.92 Å². The van der Waals surface area contributed by atoms with Gasteiger partial charge in [-0.25, -0.2) is 0 Å². The highest BCUT2D eigenvalue weighted by molar-refractivity contribution is 6.30. The van der Waals surface area contributed by atoms with Crippen molar-refractivity contribution in [1.82, 2.24) is 4.90 Å². The molecule has 3 rings (SSSR count). The first kappa shape index (κ1) is 16.8. The number of nitrogens with zero attached hydrogens (tertiary/aromatic N) is 2. The molecule has 0 saturated carbocycles. The topological polar surface area (TPSA) is 35.6 Å². The third kappa shape index (κ3) is 4.28. The SMILES string of the molecule is Cc1ccccc1NC(=O)CN1CCN(c2cccc(Cl)c2)CC1. The lowest BCUT2D eigenvalue weighted by Gasteiger charge is -2.35. The second kappa shape index (κ2) is 7.69. The third-order valence-corrected chi connectivity index (χ3v) is 4.57. The summed E-state index contributed by atoms with van der Waals surface area (Å²) in [6.07, 6.45) is 0. The minimum Gasteiger partial charge on any atom is -0.369 e. The van der Waals surface area contributed by atoms with Crippen LogP contribution in [-0.2, 0) is 4.79 Å². The molecule has 1 saturated heterocycles. The highest BCUT2D eigenvalue weighted by atomic mass is 35.5. The molecular formula is C19H22ClN3O. The van der Waals surface area contributed by atoms with Gasteiger partial charge in [0.1, 0.15) is 0 Å². The lowest BCUT2D eigenvalue weighted by atomic mass is 10.2. The predicted octanol–water partition coefficient (Wildman–Crippen LogP) is 3.41. The lowest BCUT2D eigenvalue weighted by Crippen LogP contribution is -2.48. The van der Waals surface area contributed by atoms with Crippen LogP contribution in [0, 0.1) is 6.92 Å². The van der Waals surface area contributed by atoms with Crippen molar-refractivity contribution >= 4 is 28.9 Å². The first-order valence-electron chi connectivity index (χ1n) is 8.20. The number of benzene rings is 2. The second-order valence-electron chi connectivity index (χ2n) is 6.11. The molecule has 0 aromatic heterocycles. The largest absolute Gasteiger partial charge is 0.369 e. The van der Waals surface area contributed by atoms with E-state index in [-0.39, 0.29) is 5.91 Å². The smallest absolute Gasteiger partial charge is 0.238 e.